The number of para-hydroxylation sites is 1. The van der Waals surface area contributed by atoms with Gasteiger partial charge in [0.2, 0.25) is 0 Å². The molecule has 1 aliphatic heterocycles. The van der Waals surface area contributed by atoms with Gasteiger partial charge < -0.3 is 10.1 Å². The van der Waals surface area contributed by atoms with Gasteiger partial charge in [-0.2, -0.15) is 13.2 Å². The molecule has 1 N–H and O–H groups in total. The second-order valence-corrected chi connectivity index (χ2v) is 5.67. The molecule has 1 aromatic carbocycles. The SMILES string of the molecule is FC(F)(F)C1CCCC(NC2COc3ccccc32)C1. The van der Waals surface area contributed by atoms with Crippen molar-refractivity contribution in [1.82, 2.24) is 5.32 Å². The molecule has 5 heteroatoms. The highest BCUT2D eigenvalue weighted by molar-refractivity contribution is 5.39. The summed E-state index contributed by atoms with van der Waals surface area (Å²) in [6, 6.07) is 7.65. The summed E-state index contributed by atoms with van der Waals surface area (Å²) in [4.78, 5) is 0. The first-order valence-corrected chi connectivity index (χ1v) is 7.08. The van der Waals surface area contributed by atoms with E-state index in [2.05, 4.69) is 5.32 Å². The standard InChI is InChI=1S/C15H18F3NO/c16-15(17,18)10-4-3-5-11(8-10)19-13-9-20-14-7-2-1-6-12(13)14/h1-2,6-7,10-11,13,19H,3-5,8-9H2. The highest BCUT2D eigenvalue weighted by Gasteiger charge is 2.42. The molecule has 3 atom stereocenters. The Hall–Kier alpha value is -1.23. The van der Waals surface area contributed by atoms with E-state index in [1.54, 1.807) is 0 Å². The summed E-state index contributed by atoms with van der Waals surface area (Å²) in [7, 11) is 0. The van der Waals surface area contributed by atoms with Crippen molar-refractivity contribution in [3.05, 3.63) is 29.8 Å². The number of alkyl halides is 3. The van der Waals surface area contributed by atoms with Crippen LogP contribution in [0.3, 0.4) is 0 Å². The van der Waals surface area contributed by atoms with E-state index in [-0.39, 0.29) is 24.9 Å². The second kappa shape index (κ2) is 5.28. The number of halogens is 3. The van der Waals surface area contributed by atoms with Crippen LogP contribution >= 0.6 is 0 Å². The van der Waals surface area contributed by atoms with Gasteiger partial charge in [-0.15, -0.1) is 0 Å². The molecule has 0 saturated heterocycles. The van der Waals surface area contributed by atoms with Crippen molar-refractivity contribution in [2.45, 2.75) is 43.9 Å². The minimum Gasteiger partial charge on any atom is -0.491 e. The first kappa shape index (κ1) is 13.7. The van der Waals surface area contributed by atoms with Gasteiger partial charge in [-0.05, 0) is 25.3 Å². The molecule has 2 aliphatic rings. The molecule has 1 aromatic rings. The van der Waals surface area contributed by atoms with Crippen molar-refractivity contribution in [2.75, 3.05) is 6.61 Å². The Morgan fingerprint density at radius 3 is 2.75 bits per heavy atom. The third-order valence-electron chi connectivity index (χ3n) is 4.27. The Balaban J connectivity index is 1.64. The van der Waals surface area contributed by atoms with Gasteiger partial charge in [-0.1, -0.05) is 24.6 Å². The van der Waals surface area contributed by atoms with Crippen LogP contribution < -0.4 is 10.1 Å². The van der Waals surface area contributed by atoms with Crippen molar-refractivity contribution in [3.8, 4) is 5.75 Å². The van der Waals surface area contributed by atoms with Crippen LogP contribution in [-0.2, 0) is 0 Å². The van der Waals surface area contributed by atoms with E-state index in [4.69, 9.17) is 4.74 Å². The van der Waals surface area contributed by atoms with E-state index >= 15 is 0 Å². The predicted octanol–water partition coefficient (Wildman–Crippen LogP) is 3.83. The van der Waals surface area contributed by atoms with Gasteiger partial charge in [0, 0.05) is 11.6 Å². The highest BCUT2D eigenvalue weighted by Crippen LogP contribution is 2.39. The fourth-order valence-corrected chi connectivity index (χ4v) is 3.22. The average Bonchev–Trinajstić information content (AvgIpc) is 2.82. The number of nitrogens with one attached hydrogen (secondary N) is 1. The van der Waals surface area contributed by atoms with E-state index < -0.39 is 12.1 Å². The van der Waals surface area contributed by atoms with Crippen LogP contribution in [0.5, 0.6) is 5.75 Å². The fraction of sp³-hybridized carbons (Fsp3) is 0.600. The second-order valence-electron chi connectivity index (χ2n) is 5.67. The largest absolute Gasteiger partial charge is 0.491 e. The molecule has 20 heavy (non-hydrogen) atoms. The van der Waals surface area contributed by atoms with Crippen molar-refractivity contribution >= 4 is 0 Å². The molecule has 3 unspecified atom stereocenters. The van der Waals surface area contributed by atoms with Crippen LogP contribution in [0, 0.1) is 5.92 Å². The molecule has 2 nitrogen and oxygen atoms in total. The summed E-state index contributed by atoms with van der Waals surface area (Å²) < 4.78 is 44.0. The summed E-state index contributed by atoms with van der Waals surface area (Å²) in [6.07, 6.45) is -2.17. The van der Waals surface area contributed by atoms with E-state index in [9.17, 15) is 13.2 Å². The van der Waals surface area contributed by atoms with Crippen LogP contribution in [0.2, 0.25) is 0 Å². The van der Waals surface area contributed by atoms with Gasteiger partial charge in [0.05, 0.1) is 12.0 Å². The van der Waals surface area contributed by atoms with Crippen molar-refractivity contribution in [2.24, 2.45) is 5.92 Å². The number of fused-ring (bicyclic) bond motifs is 1. The molecule has 1 fully saturated rings. The molecule has 110 valence electrons. The van der Waals surface area contributed by atoms with Crippen LogP contribution in [0.4, 0.5) is 13.2 Å². The fourth-order valence-electron chi connectivity index (χ4n) is 3.22. The van der Waals surface area contributed by atoms with Gasteiger partial charge in [-0.3, -0.25) is 0 Å². The normalized spacial score (nSPS) is 29.9. The average molecular weight is 285 g/mol. The van der Waals surface area contributed by atoms with Crippen molar-refractivity contribution < 1.29 is 17.9 Å². The third kappa shape index (κ3) is 2.77. The van der Waals surface area contributed by atoms with Crippen molar-refractivity contribution in [3.63, 3.8) is 0 Å². The summed E-state index contributed by atoms with van der Waals surface area (Å²) in [5.74, 6) is -0.320. The smallest absolute Gasteiger partial charge is 0.391 e. The molecule has 0 radical (unpaired) electrons. The van der Waals surface area contributed by atoms with Gasteiger partial charge in [0.15, 0.2) is 0 Å². The Labute approximate surface area is 116 Å². The quantitative estimate of drug-likeness (QED) is 0.891. The highest BCUT2D eigenvalue weighted by atomic mass is 19.4. The zero-order chi connectivity index (χ0) is 14.2. The Morgan fingerprint density at radius 2 is 1.95 bits per heavy atom. The molecule has 0 amide bonds. The molecule has 0 bridgehead atoms. The number of hydrogen-bond acceptors (Lipinski definition) is 2. The van der Waals surface area contributed by atoms with Gasteiger partial charge >= 0.3 is 6.18 Å². The molecular weight excluding hydrogens is 267 g/mol. The van der Waals surface area contributed by atoms with Crippen LogP contribution in [0.1, 0.15) is 37.3 Å². The molecule has 1 heterocycles. The first-order valence-electron chi connectivity index (χ1n) is 7.08. The predicted molar refractivity (Wildman–Crippen MR) is 69.6 cm³/mol. The number of rotatable bonds is 2. The maximum Gasteiger partial charge on any atom is 0.391 e. The van der Waals surface area contributed by atoms with Crippen LogP contribution in [-0.4, -0.2) is 18.8 Å². The summed E-state index contributed by atoms with van der Waals surface area (Å²) in [5.41, 5.74) is 1.06. The van der Waals surface area contributed by atoms with Crippen LogP contribution in [0.15, 0.2) is 24.3 Å². The molecule has 0 aromatic heterocycles. The first-order chi connectivity index (χ1) is 9.54. The van der Waals surface area contributed by atoms with Gasteiger partial charge in [0.25, 0.3) is 0 Å². The van der Waals surface area contributed by atoms with E-state index in [0.717, 1.165) is 17.7 Å². The lowest BCUT2D eigenvalue weighted by Crippen LogP contribution is -2.40. The Kier molecular flexibility index (Phi) is 3.63. The molecule has 1 saturated carbocycles. The monoisotopic (exact) mass is 285 g/mol. The Morgan fingerprint density at radius 1 is 1.15 bits per heavy atom. The van der Waals surface area contributed by atoms with E-state index in [0.29, 0.717) is 13.0 Å². The summed E-state index contributed by atoms with van der Waals surface area (Å²) >= 11 is 0. The maximum absolute atomic E-state index is 12.8. The van der Waals surface area contributed by atoms with Gasteiger partial charge in [0.1, 0.15) is 12.4 Å². The Bertz CT molecular complexity index is 474. The zero-order valence-electron chi connectivity index (χ0n) is 11.1. The lowest BCUT2D eigenvalue weighted by atomic mass is 9.85. The molecule has 0 spiro atoms. The third-order valence-corrected chi connectivity index (χ3v) is 4.27. The van der Waals surface area contributed by atoms with E-state index in [1.807, 2.05) is 24.3 Å². The number of hydrogen-bond donors (Lipinski definition) is 1. The lowest BCUT2D eigenvalue weighted by molar-refractivity contribution is -0.183. The number of ether oxygens (including phenoxy) is 1. The zero-order valence-corrected chi connectivity index (χ0v) is 11.1. The van der Waals surface area contributed by atoms with Crippen molar-refractivity contribution in [1.29, 1.82) is 0 Å². The van der Waals surface area contributed by atoms with E-state index in [1.165, 1.54) is 0 Å². The van der Waals surface area contributed by atoms with Crippen LogP contribution in [0.25, 0.3) is 0 Å². The molecular formula is C15H18F3NO. The maximum atomic E-state index is 12.8. The minimum absolute atomic E-state index is 0.0168. The number of benzene rings is 1. The topological polar surface area (TPSA) is 21.3 Å². The molecule has 1 aliphatic carbocycles. The summed E-state index contributed by atoms with van der Waals surface area (Å²) in [6.45, 7) is 0.506. The molecule has 3 rings (SSSR count). The summed E-state index contributed by atoms with van der Waals surface area (Å²) in [5, 5.41) is 3.35. The minimum atomic E-state index is -4.07. The van der Waals surface area contributed by atoms with Gasteiger partial charge in [-0.25, -0.2) is 0 Å². The lowest BCUT2D eigenvalue weighted by Gasteiger charge is -2.32.